The molecule has 16 heavy (non-hydrogen) atoms. The fourth-order valence-corrected chi connectivity index (χ4v) is 3.10. The Labute approximate surface area is 99.0 Å². The molecule has 3 heteroatoms. The first-order valence-electron chi connectivity index (χ1n) is 6.86. The Morgan fingerprint density at radius 1 is 1.25 bits per heavy atom. The predicted molar refractivity (Wildman–Crippen MR) is 66.2 cm³/mol. The number of nitrogens with zero attached hydrogens (tertiary/aromatic N) is 1. The Morgan fingerprint density at radius 3 is 2.31 bits per heavy atom. The van der Waals surface area contributed by atoms with Gasteiger partial charge in [-0.3, -0.25) is 4.90 Å². The summed E-state index contributed by atoms with van der Waals surface area (Å²) in [7, 11) is 0. The molecule has 0 aromatic carbocycles. The molecule has 0 radical (unpaired) electrons. The highest BCUT2D eigenvalue weighted by atomic mass is 16.3. The third-order valence-electron chi connectivity index (χ3n) is 4.41. The summed E-state index contributed by atoms with van der Waals surface area (Å²) in [5.74, 6) is 0.466. The summed E-state index contributed by atoms with van der Waals surface area (Å²) in [5, 5.41) is 10.6. The monoisotopic (exact) mass is 226 g/mol. The van der Waals surface area contributed by atoms with Crippen LogP contribution in [0.5, 0.6) is 0 Å². The second-order valence-electron chi connectivity index (χ2n) is 5.58. The molecule has 1 unspecified atom stereocenters. The van der Waals surface area contributed by atoms with E-state index >= 15 is 0 Å². The third kappa shape index (κ3) is 2.58. The van der Waals surface area contributed by atoms with Crippen LogP contribution in [-0.4, -0.2) is 41.3 Å². The van der Waals surface area contributed by atoms with Crippen LogP contribution in [0, 0.1) is 5.92 Å². The first-order chi connectivity index (χ1) is 7.69. The van der Waals surface area contributed by atoms with Crippen LogP contribution in [0.4, 0.5) is 0 Å². The molecular weight excluding hydrogens is 200 g/mol. The lowest BCUT2D eigenvalue weighted by Crippen LogP contribution is -2.52. The molecule has 2 aliphatic carbocycles. The van der Waals surface area contributed by atoms with Crippen LogP contribution >= 0.6 is 0 Å². The molecule has 2 aliphatic rings. The van der Waals surface area contributed by atoms with Gasteiger partial charge in [0.25, 0.3) is 0 Å². The van der Waals surface area contributed by atoms with Crippen molar-refractivity contribution in [2.75, 3.05) is 19.6 Å². The van der Waals surface area contributed by atoms with Gasteiger partial charge in [0.05, 0.1) is 5.60 Å². The minimum atomic E-state index is -0.612. The highest BCUT2D eigenvalue weighted by Gasteiger charge is 2.44. The highest BCUT2D eigenvalue weighted by molar-refractivity contribution is 4.98. The van der Waals surface area contributed by atoms with Gasteiger partial charge in [0.2, 0.25) is 0 Å². The fourth-order valence-electron chi connectivity index (χ4n) is 3.10. The Morgan fingerprint density at radius 2 is 1.88 bits per heavy atom. The molecule has 0 heterocycles. The number of hydrogen-bond donors (Lipinski definition) is 2. The minimum absolute atomic E-state index is 0.418. The molecule has 3 N–H and O–H groups in total. The standard InChI is InChI=1S/C13H26N2O/c1-2-15(12-5-3-4-6-12)10-13(16,9-14)11-7-8-11/h11-12,16H,2-10,14H2,1H3. The average molecular weight is 226 g/mol. The van der Waals surface area contributed by atoms with Crippen LogP contribution < -0.4 is 5.73 Å². The van der Waals surface area contributed by atoms with Crippen LogP contribution in [0.1, 0.15) is 45.4 Å². The molecule has 0 spiro atoms. The topological polar surface area (TPSA) is 49.5 Å². The SMILES string of the molecule is CCN(CC(O)(CN)C1CC1)C1CCCC1. The smallest absolute Gasteiger partial charge is 0.0923 e. The molecule has 0 aliphatic heterocycles. The van der Waals surface area contributed by atoms with Crippen molar-refractivity contribution in [2.45, 2.75) is 57.1 Å². The zero-order chi connectivity index (χ0) is 11.6. The molecule has 0 bridgehead atoms. The van der Waals surface area contributed by atoms with Crippen molar-refractivity contribution >= 4 is 0 Å². The maximum Gasteiger partial charge on any atom is 0.0923 e. The normalized spacial score (nSPS) is 26.2. The number of rotatable bonds is 6. The van der Waals surface area contributed by atoms with Gasteiger partial charge in [0.15, 0.2) is 0 Å². The summed E-state index contributed by atoms with van der Waals surface area (Å²) < 4.78 is 0. The van der Waals surface area contributed by atoms with E-state index < -0.39 is 5.60 Å². The maximum atomic E-state index is 10.6. The molecule has 3 nitrogen and oxygen atoms in total. The summed E-state index contributed by atoms with van der Waals surface area (Å²) in [4.78, 5) is 2.46. The van der Waals surface area contributed by atoms with Gasteiger partial charge in [-0.25, -0.2) is 0 Å². The molecule has 0 aromatic heterocycles. The second kappa shape index (κ2) is 5.03. The van der Waals surface area contributed by atoms with E-state index in [1.165, 1.54) is 25.7 Å². The Kier molecular flexibility index (Phi) is 3.88. The average Bonchev–Trinajstić information content (AvgIpc) is 3.03. The van der Waals surface area contributed by atoms with Crippen molar-refractivity contribution in [1.82, 2.24) is 4.90 Å². The van der Waals surface area contributed by atoms with E-state index in [4.69, 9.17) is 5.73 Å². The summed E-state index contributed by atoms with van der Waals surface area (Å²) in [6, 6.07) is 0.696. The third-order valence-corrected chi connectivity index (χ3v) is 4.41. The van der Waals surface area contributed by atoms with Gasteiger partial charge in [0, 0.05) is 19.1 Å². The lowest BCUT2D eigenvalue weighted by atomic mass is 9.96. The van der Waals surface area contributed by atoms with E-state index in [0.29, 0.717) is 18.5 Å². The molecule has 2 fully saturated rings. The lowest BCUT2D eigenvalue weighted by Gasteiger charge is -2.36. The Hall–Kier alpha value is -0.120. The fraction of sp³-hybridized carbons (Fsp3) is 1.00. The Balaban J connectivity index is 1.93. The van der Waals surface area contributed by atoms with Crippen LogP contribution in [-0.2, 0) is 0 Å². The number of nitrogens with two attached hydrogens (primary N) is 1. The largest absolute Gasteiger partial charge is 0.387 e. The van der Waals surface area contributed by atoms with E-state index in [9.17, 15) is 5.11 Å². The van der Waals surface area contributed by atoms with E-state index in [2.05, 4.69) is 11.8 Å². The van der Waals surface area contributed by atoms with Crippen molar-refractivity contribution in [2.24, 2.45) is 11.7 Å². The van der Waals surface area contributed by atoms with E-state index in [-0.39, 0.29) is 0 Å². The first-order valence-corrected chi connectivity index (χ1v) is 6.86. The van der Waals surface area contributed by atoms with Crippen molar-refractivity contribution in [3.05, 3.63) is 0 Å². The molecule has 1 atom stereocenters. The molecular formula is C13H26N2O. The summed E-state index contributed by atoms with van der Waals surface area (Å²) >= 11 is 0. The van der Waals surface area contributed by atoms with Gasteiger partial charge in [-0.15, -0.1) is 0 Å². The molecule has 0 aromatic rings. The van der Waals surface area contributed by atoms with Crippen LogP contribution in [0.25, 0.3) is 0 Å². The summed E-state index contributed by atoms with van der Waals surface area (Å²) in [5.41, 5.74) is 5.16. The first kappa shape index (κ1) is 12.3. The van der Waals surface area contributed by atoms with E-state index in [0.717, 1.165) is 25.9 Å². The van der Waals surface area contributed by atoms with E-state index in [1.54, 1.807) is 0 Å². The molecule has 2 saturated carbocycles. The van der Waals surface area contributed by atoms with Gasteiger partial charge in [-0.2, -0.15) is 0 Å². The van der Waals surface area contributed by atoms with Gasteiger partial charge in [-0.05, 0) is 38.1 Å². The maximum absolute atomic E-state index is 10.6. The molecule has 0 amide bonds. The second-order valence-corrected chi connectivity index (χ2v) is 5.58. The van der Waals surface area contributed by atoms with Crippen LogP contribution in [0.2, 0.25) is 0 Å². The zero-order valence-electron chi connectivity index (χ0n) is 10.5. The quantitative estimate of drug-likeness (QED) is 0.719. The van der Waals surface area contributed by atoms with Gasteiger partial charge < -0.3 is 10.8 Å². The van der Waals surface area contributed by atoms with Gasteiger partial charge in [-0.1, -0.05) is 19.8 Å². The molecule has 0 saturated heterocycles. The van der Waals surface area contributed by atoms with Crippen molar-refractivity contribution < 1.29 is 5.11 Å². The number of hydrogen-bond acceptors (Lipinski definition) is 3. The summed E-state index contributed by atoms with van der Waals surface area (Å²) in [6.07, 6.45) is 7.64. The van der Waals surface area contributed by atoms with Crippen LogP contribution in [0.3, 0.4) is 0 Å². The Bertz CT molecular complexity index is 224. The molecule has 94 valence electrons. The van der Waals surface area contributed by atoms with Gasteiger partial charge >= 0.3 is 0 Å². The summed E-state index contributed by atoms with van der Waals surface area (Å²) in [6.45, 7) is 4.44. The molecule has 2 rings (SSSR count). The number of aliphatic hydroxyl groups is 1. The lowest BCUT2D eigenvalue weighted by molar-refractivity contribution is -0.0175. The number of likely N-dealkylation sites (N-methyl/N-ethyl adjacent to an activating group) is 1. The van der Waals surface area contributed by atoms with Crippen molar-refractivity contribution in [3.63, 3.8) is 0 Å². The van der Waals surface area contributed by atoms with Gasteiger partial charge in [0.1, 0.15) is 0 Å². The van der Waals surface area contributed by atoms with Crippen molar-refractivity contribution in [3.8, 4) is 0 Å². The predicted octanol–water partition coefficient (Wildman–Crippen LogP) is 1.35. The van der Waals surface area contributed by atoms with E-state index in [1.807, 2.05) is 0 Å². The van der Waals surface area contributed by atoms with Crippen molar-refractivity contribution in [1.29, 1.82) is 0 Å². The van der Waals surface area contributed by atoms with Crippen LogP contribution in [0.15, 0.2) is 0 Å². The highest BCUT2D eigenvalue weighted by Crippen LogP contribution is 2.40. The minimum Gasteiger partial charge on any atom is -0.387 e. The zero-order valence-corrected chi connectivity index (χ0v) is 10.5.